The zero-order chi connectivity index (χ0) is 19.0. The number of benzene rings is 1. The molecule has 136 valence electrons. The second kappa shape index (κ2) is 6.78. The second-order valence-corrected chi connectivity index (χ2v) is 8.37. The zero-order valence-electron chi connectivity index (χ0n) is 16.4. The van der Waals surface area contributed by atoms with E-state index in [2.05, 4.69) is 40.7 Å². The Morgan fingerprint density at radius 2 is 1.96 bits per heavy atom. The summed E-state index contributed by atoms with van der Waals surface area (Å²) >= 11 is 0. The molecule has 0 bridgehead atoms. The lowest BCUT2D eigenvalue weighted by molar-refractivity contribution is -0.106. The third-order valence-electron chi connectivity index (χ3n) is 4.93. The van der Waals surface area contributed by atoms with Crippen LogP contribution >= 0.6 is 0 Å². The molecule has 2 nitrogen and oxygen atoms in total. The van der Waals surface area contributed by atoms with Gasteiger partial charge in [0.25, 0.3) is 0 Å². The van der Waals surface area contributed by atoms with Gasteiger partial charge in [-0.1, -0.05) is 40.7 Å². The quantitative estimate of drug-likeness (QED) is 0.487. The van der Waals surface area contributed by atoms with Crippen LogP contribution in [0.4, 0.5) is 4.39 Å². The molecule has 1 aromatic carbocycles. The smallest absolute Gasteiger partial charge is 0.178 e. The highest BCUT2D eigenvalue weighted by molar-refractivity contribution is 5.88. The van der Waals surface area contributed by atoms with Crippen LogP contribution in [0.15, 0.2) is 24.0 Å². The number of carbonyl (C=O) groups excluding carboxylic acids is 1. The summed E-state index contributed by atoms with van der Waals surface area (Å²) in [5.74, 6) is -0.115. The van der Waals surface area contributed by atoms with Crippen LogP contribution in [0.5, 0.6) is 5.75 Å². The number of aldehydes is 1. The molecule has 0 N–H and O–H groups in total. The third kappa shape index (κ3) is 3.70. The van der Waals surface area contributed by atoms with E-state index in [0.29, 0.717) is 23.5 Å². The summed E-state index contributed by atoms with van der Waals surface area (Å²) in [6, 6.07) is 4.03. The van der Waals surface area contributed by atoms with Crippen LogP contribution in [0.1, 0.15) is 71.6 Å². The van der Waals surface area contributed by atoms with Crippen molar-refractivity contribution in [1.82, 2.24) is 0 Å². The number of rotatable bonds is 4. The van der Waals surface area contributed by atoms with E-state index < -0.39 is 5.83 Å². The van der Waals surface area contributed by atoms with Gasteiger partial charge in [-0.05, 0) is 65.5 Å². The predicted molar refractivity (Wildman–Crippen MR) is 102 cm³/mol. The molecule has 25 heavy (non-hydrogen) atoms. The SMILES string of the molecule is CCOc1cc2c(cc1C(C)=C(F)C=O)C(C(C)(C)C)=CCC2(C)C. The minimum atomic E-state index is -0.753. The fourth-order valence-electron chi connectivity index (χ4n) is 3.43. The van der Waals surface area contributed by atoms with Crippen LogP contribution < -0.4 is 4.74 Å². The molecule has 0 unspecified atom stereocenters. The van der Waals surface area contributed by atoms with Crippen molar-refractivity contribution < 1.29 is 13.9 Å². The van der Waals surface area contributed by atoms with Crippen molar-refractivity contribution >= 4 is 17.4 Å². The van der Waals surface area contributed by atoms with Crippen LogP contribution in [0.25, 0.3) is 11.1 Å². The number of carbonyl (C=O) groups is 1. The Kier molecular flexibility index (Phi) is 5.27. The highest BCUT2D eigenvalue weighted by Gasteiger charge is 2.33. The molecular weight excluding hydrogens is 315 g/mol. The molecular formula is C22H29FO2. The predicted octanol–water partition coefficient (Wildman–Crippen LogP) is 6.10. The summed E-state index contributed by atoms with van der Waals surface area (Å²) in [6.07, 6.45) is 3.51. The molecule has 0 spiro atoms. The van der Waals surface area contributed by atoms with Gasteiger partial charge >= 0.3 is 0 Å². The van der Waals surface area contributed by atoms with E-state index in [9.17, 15) is 9.18 Å². The topological polar surface area (TPSA) is 26.3 Å². The van der Waals surface area contributed by atoms with Crippen LogP contribution in [-0.4, -0.2) is 12.9 Å². The van der Waals surface area contributed by atoms with Gasteiger partial charge in [-0.15, -0.1) is 0 Å². The van der Waals surface area contributed by atoms with Gasteiger partial charge in [-0.3, -0.25) is 4.79 Å². The number of ether oxygens (including phenoxy) is 1. The van der Waals surface area contributed by atoms with Crippen molar-refractivity contribution in [3.63, 3.8) is 0 Å². The molecule has 0 fully saturated rings. The molecule has 1 aromatic rings. The van der Waals surface area contributed by atoms with Crippen molar-refractivity contribution in [2.45, 2.75) is 60.3 Å². The number of fused-ring (bicyclic) bond motifs is 1. The minimum absolute atomic E-state index is 0.0174. The van der Waals surface area contributed by atoms with Gasteiger partial charge in [0, 0.05) is 5.56 Å². The Labute approximate surface area is 150 Å². The molecule has 3 heteroatoms. The van der Waals surface area contributed by atoms with Crippen molar-refractivity contribution in [1.29, 1.82) is 0 Å². The number of hydrogen-bond acceptors (Lipinski definition) is 2. The van der Waals surface area contributed by atoms with Gasteiger partial charge in [0.15, 0.2) is 12.1 Å². The monoisotopic (exact) mass is 344 g/mol. The van der Waals surface area contributed by atoms with E-state index in [1.165, 1.54) is 11.1 Å². The lowest BCUT2D eigenvalue weighted by Crippen LogP contribution is -2.25. The number of allylic oxidation sites excluding steroid dienone is 4. The van der Waals surface area contributed by atoms with Crippen molar-refractivity contribution in [2.24, 2.45) is 5.41 Å². The fraction of sp³-hybridized carbons (Fsp3) is 0.500. The van der Waals surface area contributed by atoms with Gasteiger partial charge in [0.2, 0.25) is 0 Å². The van der Waals surface area contributed by atoms with E-state index in [1.807, 2.05) is 19.1 Å². The number of halogens is 1. The summed E-state index contributed by atoms with van der Waals surface area (Å²) in [6.45, 7) is 15.0. The van der Waals surface area contributed by atoms with E-state index in [-0.39, 0.29) is 17.1 Å². The standard InChI is InChI=1S/C22H29FO2/c1-8-25-20-12-18-16(11-15(20)14(2)19(23)13-24)17(21(3,4)5)9-10-22(18,6)7/h9,11-13H,8,10H2,1-7H3. The van der Waals surface area contributed by atoms with E-state index >= 15 is 0 Å². The summed E-state index contributed by atoms with van der Waals surface area (Å²) in [5, 5.41) is 0. The van der Waals surface area contributed by atoms with Gasteiger partial charge in [0.05, 0.1) is 6.61 Å². The first kappa shape index (κ1) is 19.4. The Morgan fingerprint density at radius 1 is 1.32 bits per heavy atom. The third-order valence-corrected chi connectivity index (χ3v) is 4.93. The maximum atomic E-state index is 14.0. The minimum Gasteiger partial charge on any atom is -0.493 e. The molecule has 0 radical (unpaired) electrons. The maximum Gasteiger partial charge on any atom is 0.178 e. The fourth-order valence-corrected chi connectivity index (χ4v) is 3.43. The summed E-state index contributed by atoms with van der Waals surface area (Å²) in [4.78, 5) is 10.9. The molecule has 0 amide bonds. The first-order chi connectivity index (χ1) is 11.5. The summed E-state index contributed by atoms with van der Waals surface area (Å²) in [7, 11) is 0. The van der Waals surface area contributed by atoms with Crippen LogP contribution in [0.3, 0.4) is 0 Å². The molecule has 1 aliphatic carbocycles. The highest BCUT2D eigenvalue weighted by atomic mass is 19.1. The van der Waals surface area contributed by atoms with Gasteiger partial charge in [-0.25, -0.2) is 4.39 Å². The second-order valence-electron chi connectivity index (χ2n) is 8.37. The van der Waals surface area contributed by atoms with Crippen molar-refractivity contribution in [2.75, 3.05) is 6.61 Å². The van der Waals surface area contributed by atoms with Crippen LogP contribution in [0.2, 0.25) is 0 Å². The Balaban J connectivity index is 2.82. The molecule has 0 aromatic heterocycles. The molecule has 0 heterocycles. The van der Waals surface area contributed by atoms with Crippen LogP contribution in [0, 0.1) is 5.41 Å². The average molecular weight is 344 g/mol. The van der Waals surface area contributed by atoms with E-state index in [1.54, 1.807) is 6.92 Å². The summed E-state index contributed by atoms with van der Waals surface area (Å²) < 4.78 is 19.8. The largest absolute Gasteiger partial charge is 0.493 e. The normalized spacial score (nSPS) is 17.4. The zero-order valence-corrected chi connectivity index (χ0v) is 16.4. The number of hydrogen-bond donors (Lipinski definition) is 0. The Hall–Kier alpha value is -1.90. The van der Waals surface area contributed by atoms with Gasteiger partial charge in [0.1, 0.15) is 5.75 Å². The first-order valence-electron chi connectivity index (χ1n) is 8.87. The van der Waals surface area contributed by atoms with Crippen molar-refractivity contribution in [3.05, 3.63) is 40.7 Å². The average Bonchev–Trinajstić information content (AvgIpc) is 2.52. The Bertz CT molecular complexity index is 746. The Morgan fingerprint density at radius 3 is 2.48 bits per heavy atom. The lowest BCUT2D eigenvalue weighted by atomic mass is 9.67. The van der Waals surface area contributed by atoms with Gasteiger partial charge in [-0.2, -0.15) is 0 Å². The molecule has 0 aliphatic heterocycles. The van der Waals surface area contributed by atoms with E-state index in [4.69, 9.17) is 4.74 Å². The van der Waals surface area contributed by atoms with E-state index in [0.717, 1.165) is 12.0 Å². The molecule has 1 aliphatic rings. The van der Waals surface area contributed by atoms with Crippen LogP contribution in [-0.2, 0) is 10.2 Å². The van der Waals surface area contributed by atoms with Gasteiger partial charge < -0.3 is 4.74 Å². The molecule has 0 saturated heterocycles. The molecule has 0 atom stereocenters. The first-order valence-corrected chi connectivity index (χ1v) is 8.87. The summed E-state index contributed by atoms with van der Waals surface area (Å²) in [5.41, 5.74) is 4.53. The highest BCUT2D eigenvalue weighted by Crippen LogP contribution is 2.48. The molecule has 2 rings (SSSR count). The molecule has 0 saturated carbocycles. The maximum absolute atomic E-state index is 14.0. The van der Waals surface area contributed by atoms with Crippen molar-refractivity contribution in [3.8, 4) is 5.75 Å². The lowest BCUT2D eigenvalue weighted by Gasteiger charge is -2.37.